The molecule has 6 nitrogen and oxygen atoms in total. The molecule has 152 valence electrons. The van der Waals surface area contributed by atoms with Gasteiger partial charge in [0.2, 0.25) is 15.9 Å². The van der Waals surface area contributed by atoms with Crippen LogP contribution in [0.15, 0.2) is 47.4 Å². The number of hydrogen-bond donors (Lipinski definition) is 1. The fourth-order valence-electron chi connectivity index (χ4n) is 3.29. The Bertz CT molecular complexity index is 1170. The Morgan fingerprint density at radius 3 is 2.76 bits per heavy atom. The molecule has 3 aromatic rings. The van der Waals surface area contributed by atoms with Gasteiger partial charge in [-0.25, -0.2) is 17.8 Å². The van der Waals surface area contributed by atoms with Crippen molar-refractivity contribution >= 4 is 54.2 Å². The summed E-state index contributed by atoms with van der Waals surface area (Å²) in [5.41, 5.74) is 0.735. The van der Waals surface area contributed by atoms with E-state index < -0.39 is 21.8 Å². The number of carbonyl (C=O) groups is 1. The maximum atomic E-state index is 13.1. The molecule has 1 fully saturated rings. The fraction of sp³-hybridized carbons (Fsp3) is 0.263. The van der Waals surface area contributed by atoms with Crippen LogP contribution in [-0.4, -0.2) is 36.7 Å². The minimum atomic E-state index is -3.78. The van der Waals surface area contributed by atoms with E-state index in [0.29, 0.717) is 29.5 Å². The lowest BCUT2D eigenvalue weighted by molar-refractivity contribution is -0.120. The number of amides is 1. The second kappa shape index (κ2) is 7.98. The average Bonchev–Trinajstić information content (AvgIpc) is 3.09. The predicted molar refractivity (Wildman–Crippen MR) is 111 cm³/mol. The van der Waals surface area contributed by atoms with Crippen LogP contribution in [0.2, 0.25) is 5.02 Å². The van der Waals surface area contributed by atoms with Gasteiger partial charge in [0.1, 0.15) is 5.82 Å². The van der Waals surface area contributed by atoms with E-state index >= 15 is 0 Å². The molecule has 29 heavy (non-hydrogen) atoms. The fourth-order valence-corrected chi connectivity index (χ4v) is 5.96. The van der Waals surface area contributed by atoms with E-state index in [2.05, 4.69) is 10.3 Å². The highest BCUT2D eigenvalue weighted by Crippen LogP contribution is 2.30. The van der Waals surface area contributed by atoms with Crippen LogP contribution in [0.5, 0.6) is 0 Å². The van der Waals surface area contributed by atoms with Crippen LogP contribution >= 0.6 is 22.9 Å². The van der Waals surface area contributed by atoms with Gasteiger partial charge in [0.15, 0.2) is 5.13 Å². The highest BCUT2D eigenvalue weighted by Gasteiger charge is 2.33. The molecule has 0 saturated carbocycles. The maximum Gasteiger partial charge on any atom is 0.243 e. The minimum Gasteiger partial charge on any atom is -0.302 e. The normalized spacial score (nSPS) is 18.1. The molecule has 1 aliphatic heterocycles. The van der Waals surface area contributed by atoms with Gasteiger partial charge in [-0.15, -0.1) is 0 Å². The van der Waals surface area contributed by atoms with Crippen molar-refractivity contribution in [3.05, 3.63) is 53.3 Å². The van der Waals surface area contributed by atoms with Crippen molar-refractivity contribution in [2.75, 3.05) is 18.4 Å². The van der Waals surface area contributed by atoms with Gasteiger partial charge in [-0.3, -0.25) is 4.79 Å². The average molecular weight is 454 g/mol. The standard InChI is InChI=1S/C19H17ClFN3O3S2/c20-13-3-8-16-17(10-13)28-19(22-16)23-18(25)12-2-1-9-24(11-12)29(26,27)15-6-4-14(21)5-7-15/h3-8,10,12H,1-2,9,11H2,(H,22,23,25). The minimum absolute atomic E-state index is 0.0167. The summed E-state index contributed by atoms with van der Waals surface area (Å²) >= 11 is 7.30. The zero-order valence-corrected chi connectivity index (χ0v) is 17.5. The van der Waals surface area contributed by atoms with Gasteiger partial charge in [-0.05, 0) is 55.3 Å². The number of thiazole rings is 1. The topological polar surface area (TPSA) is 79.4 Å². The van der Waals surface area contributed by atoms with Crippen molar-refractivity contribution in [1.82, 2.24) is 9.29 Å². The number of carbonyl (C=O) groups excluding carboxylic acids is 1. The smallest absolute Gasteiger partial charge is 0.243 e. The quantitative estimate of drug-likeness (QED) is 0.644. The first-order chi connectivity index (χ1) is 13.8. The second-order valence-electron chi connectivity index (χ2n) is 6.78. The van der Waals surface area contributed by atoms with Gasteiger partial charge in [0.25, 0.3) is 0 Å². The number of anilines is 1. The molecule has 1 aromatic heterocycles. The van der Waals surface area contributed by atoms with Crippen molar-refractivity contribution < 1.29 is 17.6 Å². The maximum absolute atomic E-state index is 13.1. The van der Waals surface area contributed by atoms with Crippen LogP contribution in [0, 0.1) is 11.7 Å². The number of aromatic nitrogens is 1. The summed E-state index contributed by atoms with van der Waals surface area (Å²) < 4.78 is 40.9. The number of nitrogens with zero attached hydrogens (tertiary/aromatic N) is 2. The number of benzene rings is 2. The molecule has 0 aliphatic carbocycles. The molecule has 2 aromatic carbocycles. The molecule has 2 heterocycles. The summed E-state index contributed by atoms with van der Waals surface area (Å²) in [4.78, 5) is 17.1. The first-order valence-corrected chi connectivity index (χ1v) is 11.6. The summed E-state index contributed by atoms with van der Waals surface area (Å²) in [6, 6.07) is 9.99. The molecular weight excluding hydrogens is 437 g/mol. The summed E-state index contributed by atoms with van der Waals surface area (Å²) in [7, 11) is -3.78. The predicted octanol–water partition coefficient (Wildman–Crippen LogP) is 4.13. The van der Waals surface area contributed by atoms with Crippen molar-refractivity contribution in [3.8, 4) is 0 Å². The molecule has 0 bridgehead atoms. The van der Waals surface area contributed by atoms with Crippen LogP contribution < -0.4 is 5.32 Å². The molecule has 1 saturated heterocycles. The molecule has 1 N–H and O–H groups in total. The Hall–Kier alpha value is -2.07. The molecule has 10 heteroatoms. The summed E-state index contributed by atoms with van der Waals surface area (Å²) in [5, 5.41) is 3.83. The number of sulfonamides is 1. The Labute approximate surface area is 176 Å². The van der Waals surface area contributed by atoms with Gasteiger partial charge in [-0.2, -0.15) is 4.31 Å². The zero-order valence-electron chi connectivity index (χ0n) is 15.1. The monoisotopic (exact) mass is 453 g/mol. The van der Waals surface area contributed by atoms with Gasteiger partial charge in [0.05, 0.1) is 21.0 Å². The highest BCUT2D eigenvalue weighted by molar-refractivity contribution is 7.89. The number of piperidine rings is 1. The van der Waals surface area contributed by atoms with E-state index in [9.17, 15) is 17.6 Å². The van der Waals surface area contributed by atoms with E-state index in [4.69, 9.17) is 11.6 Å². The van der Waals surface area contributed by atoms with Crippen molar-refractivity contribution in [2.45, 2.75) is 17.7 Å². The van der Waals surface area contributed by atoms with Crippen molar-refractivity contribution in [1.29, 1.82) is 0 Å². The SMILES string of the molecule is O=C(Nc1nc2ccc(Cl)cc2s1)C1CCCN(S(=O)(=O)c2ccc(F)cc2)C1. The number of nitrogens with one attached hydrogen (secondary N) is 1. The molecule has 0 radical (unpaired) electrons. The van der Waals surface area contributed by atoms with Crippen LogP contribution in [0.4, 0.5) is 9.52 Å². The largest absolute Gasteiger partial charge is 0.302 e. The zero-order chi connectivity index (χ0) is 20.6. The van der Waals surface area contributed by atoms with Crippen molar-refractivity contribution in [2.24, 2.45) is 5.92 Å². The Kier molecular flexibility index (Phi) is 5.56. The third kappa shape index (κ3) is 4.28. The molecule has 1 atom stereocenters. The van der Waals surface area contributed by atoms with Gasteiger partial charge >= 0.3 is 0 Å². The van der Waals surface area contributed by atoms with E-state index in [1.54, 1.807) is 18.2 Å². The van der Waals surface area contributed by atoms with E-state index in [1.807, 2.05) is 0 Å². The molecule has 4 rings (SSSR count). The molecular formula is C19H17ClFN3O3S2. The van der Waals surface area contributed by atoms with Gasteiger partial charge in [-0.1, -0.05) is 22.9 Å². The number of hydrogen-bond acceptors (Lipinski definition) is 5. The number of rotatable bonds is 4. The number of fused-ring (bicyclic) bond motifs is 1. The summed E-state index contributed by atoms with van der Waals surface area (Å²) in [5.74, 6) is -1.26. The van der Waals surface area contributed by atoms with Crippen LogP contribution in [0.1, 0.15) is 12.8 Å². The lowest BCUT2D eigenvalue weighted by Crippen LogP contribution is -2.43. The first-order valence-electron chi connectivity index (χ1n) is 8.95. The lowest BCUT2D eigenvalue weighted by atomic mass is 9.99. The van der Waals surface area contributed by atoms with Crippen LogP contribution in [-0.2, 0) is 14.8 Å². The van der Waals surface area contributed by atoms with Gasteiger partial charge in [0, 0.05) is 18.1 Å². The summed E-state index contributed by atoms with van der Waals surface area (Å²) in [6.45, 7) is 0.394. The van der Waals surface area contributed by atoms with Crippen molar-refractivity contribution in [3.63, 3.8) is 0 Å². The third-order valence-electron chi connectivity index (χ3n) is 4.79. The highest BCUT2D eigenvalue weighted by atomic mass is 35.5. The van der Waals surface area contributed by atoms with E-state index in [1.165, 1.54) is 27.8 Å². The van der Waals surface area contributed by atoms with E-state index in [-0.39, 0.29) is 17.3 Å². The molecule has 1 amide bonds. The van der Waals surface area contributed by atoms with Crippen LogP contribution in [0.25, 0.3) is 10.2 Å². The second-order valence-corrected chi connectivity index (χ2v) is 10.2. The molecule has 0 spiro atoms. The Morgan fingerprint density at radius 2 is 2.00 bits per heavy atom. The first kappa shape index (κ1) is 20.2. The third-order valence-corrected chi connectivity index (χ3v) is 7.84. The summed E-state index contributed by atoms with van der Waals surface area (Å²) in [6.07, 6.45) is 1.14. The molecule has 1 aliphatic rings. The molecule has 1 unspecified atom stereocenters. The Morgan fingerprint density at radius 1 is 1.24 bits per heavy atom. The number of halogens is 2. The van der Waals surface area contributed by atoms with Crippen LogP contribution in [0.3, 0.4) is 0 Å². The Balaban J connectivity index is 1.48. The lowest BCUT2D eigenvalue weighted by Gasteiger charge is -2.31. The van der Waals surface area contributed by atoms with Gasteiger partial charge < -0.3 is 5.32 Å². The van der Waals surface area contributed by atoms with E-state index in [0.717, 1.165) is 22.3 Å².